The first-order chi connectivity index (χ1) is 17.7. The summed E-state index contributed by atoms with van der Waals surface area (Å²) >= 11 is 0. The zero-order chi connectivity index (χ0) is 27.7. The maximum Gasteiger partial charge on any atom is 0.0584 e. The number of hydrogen-bond donors (Lipinski definition) is 1. The van der Waals surface area contributed by atoms with Crippen LogP contribution < -0.4 is 5.32 Å². The number of ether oxygens (including phenoxy) is 2. The van der Waals surface area contributed by atoms with Crippen LogP contribution in [0.15, 0.2) is 0 Å². The van der Waals surface area contributed by atoms with Crippen LogP contribution in [0.2, 0.25) is 0 Å². The van der Waals surface area contributed by atoms with Crippen LogP contribution in [-0.2, 0) is 9.47 Å². The minimum absolute atomic E-state index is 0.486. The first-order valence-corrected chi connectivity index (χ1v) is 16.7. The zero-order valence-corrected chi connectivity index (χ0v) is 26.9. The summed E-state index contributed by atoms with van der Waals surface area (Å²) in [6.45, 7) is 26.1. The SMILES string of the molecule is CC(C)(C)C1C2CC3CC1CC(C2)O3.CC(C)(C)C1C2CCCC1COC2.CC(C)(C)C1CCCNCC1. The second-order valence-corrected chi connectivity index (χ2v) is 17.4. The van der Waals surface area contributed by atoms with Crippen molar-refractivity contribution in [3.8, 4) is 0 Å². The summed E-state index contributed by atoms with van der Waals surface area (Å²) in [4.78, 5) is 0. The molecule has 0 aromatic carbocycles. The van der Waals surface area contributed by atoms with E-state index in [1.165, 1.54) is 77.3 Å². The fraction of sp³-hybridized carbons (Fsp3) is 1.00. The molecule has 4 heterocycles. The molecule has 0 radical (unpaired) electrons. The summed E-state index contributed by atoms with van der Waals surface area (Å²) in [5.41, 5.74) is 1.52. The van der Waals surface area contributed by atoms with Crippen molar-refractivity contribution in [3.63, 3.8) is 0 Å². The van der Waals surface area contributed by atoms with E-state index in [0.717, 1.165) is 54.6 Å². The third-order valence-corrected chi connectivity index (χ3v) is 11.3. The Morgan fingerprint density at radius 3 is 1.47 bits per heavy atom. The minimum atomic E-state index is 0.486. The van der Waals surface area contributed by atoms with Crippen molar-refractivity contribution in [2.24, 2.45) is 57.7 Å². The Bertz CT molecular complexity index is 668. The van der Waals surface area contributed by atoms with Gasteiger partial charge in [0.25, 0.3) is 0 Å². The van der Waals surface area contributed by atoms with Crippen LogP contribution in [0.5, 0.6) is 0 Å². The molecule has 3 aliphatic carbocycles. The van der Waals surface area contributed by atoms with Gasteiger partial charge in [-0.05, 0) is 129 Å². The average molecular weight is 532 g/mol. The molecule has 0 spiro atoms. The third kappa shape index (κ3) is 7.79. The number of rotatable bonds is 0. The molecule has 0 amide bonds. The second-order valence-electron chi connectivity index (χ2n) is 17.4. The minimum Gasteiger partial charge on any atom is -0.381 e. The molecule has 3 saturated carbocycles. The summed E-state index contributed by atoms with van der Waals surface area (Å²) < 4.78 is 11.6. The summed E-state index contributed by atoms with van der Waals surface area (Å²) in [5.74, 6) is 6.48. The molecule has 0 aromatic rings. The van der Waals surface area contributed by atoms with E-state index in [1.807, 2.05) is 0 Å². The standard InChI is InChI=1S/C13H22O.C12H22O.C10H21N/c1-13(2,3)12-8-4-10-6-9(12)7-11(5-8)14-10;1-12(2,3)11-9-5-4-6-10(11)8-13-7-9;1-10(2,3)9-5-4-7-11-8-6-9/h8-12H,4-7H2,1-3H3;9-11H,4-8H2,1-3H3;9,11H,4-8H2,1-3H3. The van der Waals surface area contributed by atoms with Crippen LogP contribution >= 0.6 is 0 Å². The van der Waals surface area contributed by atoms with Crippen molar-refractivity contribution in [2.75, 3.05) is 26.3 Å². The highest BCUT2D eigenvalue weighted by Crippen LogP contribution is 2.56. The molecular weight excluding hydrogens is 466 g/mol. The van der Waals surface area contributed by atoms with Crippen molar-refractivity contribution in [3.05, 3.63) is 0 Å². The highest BCUT2D eigenvalue weighted by atomic mass is 16.5. The summed E-state index contributed by atoms with van der Waals surface area (Å²) in [6, 6.07) is 0. The third-order valence-electron chi connectivity index (χ3n) is 11.3. The second kappa shape index (κ2) is 12.4. The van der Waals surface area contributed by atoms with E-state index in [-0.39, 0.29) is 0 Å². The van der Waals surface area contributed by atoms with Crippen LogP contribution in [-0.4, -0.2) is 38.5 Å². The van der Waals surface area contributed by atoms with Gasteiger partial charge < -0.3 is 14.8 Å². The lowest BCUT2D eigenvalue weighted by atomic mass is 9.54. The lowest BCUT2D eigenvalue weighted by molar-refractivity contribution is -0.195. The number of hydrogen-bond acceptors (Lipinski definition) is 3. The zero-order valence-electron chi connectivity index (χ0n) is 26.9. The van der Waals surface area contributed by atoms with E-state index < -0.39 is 0 Å². The van der Waals surface area contributed by atoms with E-state index in [1.54, 1.807) is 0 Å². The molecule has 3 atom stereocenters. The van der Waals surface area contributed by atoms with Crippen molar-refractivity contribution in [1.82, 2.24) is 5.32 Å². The first-order valence-electron chi connectivity index (χ1n) is 16.7. The van der Waals surface area contributed by atoms with Crippen molar-refractivity contribution in [1.29, 1.82) is 0 Å². The summed E-state index contributed by atoms with van der Waals surface area (Å²) in [7, 11) is 0. The topological polar surface area (TPSA) is 30.5 Å². The Hall–Kier alpha value is -0.120. The van der Waals surface area contributed by atoms with Crippen LogP contribution in [0.4, 0.5) is 0 Å². The molecule has 3 heteroatoms. The predicted molar refractivity (Wildman–Crippen MR) is 161 cm³/mol. The van der Waals surface area contributed by atoms with Crippen molar-refractivity contribution < 1.29 is 9.47 Å². The Balaban J connectivity index is 0.000000134. The lowest BCUT2D eigenvalue weighted by Gasteiger charge is -2.57. The van der Waals surface area contributed by atoms with E-state index >= 15 is 0 Å². The normalized spacial score (nSPS) is 40.8. The van der Waals surface area contributed by atoms with Crippen LogP contribution in [0, 0.1) is 57.7 Å². The maximum absolute atomic E-state index is 5.98. The van der Waals surface area contributed by atoms with Crippen LogP contribution in [0.3, 0.4) is 0 Å². The van der Waals surface area contributed by atoms with Crippen LogP contribution in [0.25, 0.3) is 0 Å². The van der Waals surface area contributed by atoms with Gasteiger partial charge in [0.2, 0.25) is 0 Å². The van der Waals surface area contributed by atoms with Gasteiger partial charge in [-0.15, -0.1) is 0 Å². The quantitative estimate of drug-likeness (QED) is 0.339. The molecule has 38 heavy (non-hydrogen) atoms. The van der Waals surface area contributed by atoms with Gasteiger partial charge in [-0.1, -0.05) is 68.7 Å². The molecule has 222 valence electrons. The molecule has 3 nitrogen and oxygen atoms in total. The van der Waals surface area contributed by atoms with Gasteiger partial charge in [-0.25, -0.2) is 0 Å². The molecule has 1 N–H and O–H groups in total. The first kappa shape index (κ1) is 30.8. The van der Waals surface area contributed by atoms with E-state index in [4.69, 9.17) is 9.47 Å². The monoisotopic (exact) mass is 532 g/mol. The summed E-state index contributed by atoms with van der Waals surface area (Å²) in [6.07, 6.45) is 15.1. The molecule has 7 fully saturated rings. The van der Waals surface area contributed by atoms with Crippen molar-refractivity contribution in [2.45, 2.75) is 139 Å². The molecule has 4 saturated heterocycles. The molecule has 0 aromatic heterocycles. The Kier molecular flexibility index (Phi) is 10.1. The Morgan fingerprint density at radius 2 is 1.03 bits per heavy atom. The fourth-order valence-electron chi connectivity index (χ4n) is 10.0. The van der Waals surface area contributed by atoms with E-state index in [9.17, 15) is 0 Å². The molecule has 7 rings (SSSR count). The van der Waals surface area contributed by atoms with Gasteiger partial charge in [-0.2, -0.15) is 0 Å². The lowest BCUT2D eigenvalue weighted by Crippen LogP contribution is -2.54. The van der Waals surface area contributed by atoms with E-state index in [0.29, 0.717) is 28.5 Å². The molecule has 4 aliphatic heterocycles. The smallest absolute Gasteiger partial charge is 0.0584 e. The van der Waals surface area contributed by atoms with E-state index in [2.05, 4.69) is 67.6 Å². The van der Waals surface area contributed by atoms with Gasteiger partial charge in [0, 0.05) is 13.2 Å². The van der Waals surface area contributed by atoms with Gasteiger partial charge >= 0.3 is 0 Å². The van der Waals surface area contributed by atoms with Gasteiger partial charge in [-0.3, -0.25) is 0 Å². The Labute approximate surface area is 237 Å². The Morgan fingerprint density at radius 1 is 0.526 bits per heavy atom. The largest absolute Gasteiger partial charge is 0.381 e. The summed E-state index contributed by atoms with van der Waals surface area (Å²) in [5, 5.41) is 3.45. The fourth-order valence-corrected chi connectivity index (χ4v) is 10.0. The number of fused-ring (bicyclic) bond motifs is 2. The highest BCUT2D eigenvalue weighted by Gasteiger charge is 2.52. The number of nitrogens with one attached hydrogen (secondary N) is 1. The van der Waals surface area contributed by atoms with Gasteiger partial charge in [0.1, 0.15) is 0 Å². The molecular formula is C35H65NO2. The molecule has 3 unspecified atom stereocenters. The highest BCUT2D eigenvalue weighted by molar-refractivity contribution is 5.01. The van der Waals surface area contributed by atoms with Gasteiger partial charge in [0.15, 0.2) is 0 Å². The predicted octanol–water partition coefficient (Wildman–Crippen LogP) is 8.75. The molecule has 7 aliphatic rings. The van der Waals surface area contributed by atoms with Gasteiger partial charge in [0.05, 0.1) is 12.2 Å². The van der Waals surface area contributed by atoms with Crippen LogP contribution in [0.1, 0.15) is 127 Å². The average Bonchev–Trinajstić information content (AvgIpc) is 3.07. The maximum atomic E-state index is 5.98. The van der Waals surface area contributed by atoms with Crippen molar-refractivity contribution >= 4 is 0 Å². The molecule has 6 bridgehead atoms.